The van der Waals surface area contributed by atoms with Gasteiger partial charge in [0, 0.05) is 6.42 Å². The topological polar surface area (TPSA) is 91.3 Å². The van der Waals surface area contributed by atoms with Crippen LogP contribution in [0.15, 0.2) is 12.3 Å². The number of phosphoric ester groups is 1. The lowest BCUT2D eigenvalue weighted by Crippen LogP contribution is -2.37. The van der Waals surface area contributed by atoms with Crippen molar-refractivity contribution in [2.24, 2.45) is 0 Å². The monoisotopic (exact) mass is 887 g/mol. The van der Waals surface area contributed by atoms with Gasteiger partial charge in [0.25, 0.3) is 0 Å². The van der Waals surface area contributed by atoms with Gasteiger partial charge >= 0.3 is 13.8 Å². The lowest BCUT2D eigenvalue weighted by atomic mass is 10.0. The van der Waals surface area contributed by atoms with Gasteiger partial charge in [-0.3, -0.25) is 13.8 Å². The van der Waals surface area contributed by atoms with Crippen LogP contribution in [0.5, 0.6) is 0 Å². The molecule has 0 bridgehead atoms. The second kappa shape index (κ2) is 45.6. The van der Waals surface area contributed by atoms with Gasteiger partial charge in [-0.15, -0.1) is 0 Å². The summed E-state index contributed by atoms with van der Waals surface area (Å²) in [5.74, 6) is -0.328. The van der Waals surface area contributed by atoms with E-state index >= 15 is 0 Å². The standard InChI is InChI=1S/C52H104NO7P/c1-6-8-10-12-14-16-18-20-22-24-26-27-28-29-31-33-35-37-39-41-43-45-52(54)60-51(50-59-61(55,56)58-48-46-53(3,4)5)49-57-47-44-42-40-38-36-34-32-30-25-23-21-19-17-15-13-11-9-7-2/h44,47,51H,6-43,45-46,48-50H2,1-5H3/p+1/b47-44+/t51-/m1/s1. The van der Waals surface area contributed by atoms with Crippen molar-refractivity contribution in [2.75, 3.05) is 47.5 Å². The zero-order valence-electron chi connectivity index (χ0n) is 41.4. The molecule has 0 fully saturated rings. The van der Waals surface area contributed by atoms with Crippen LogP contribution in [0.25, 0.3) is 0 Å². The molecule has 0 aromatic rings. The normalized spacial score (nSPS) is 13.5. The maximum atomic E-state index is 12.8. The minimum absolute atomic E-state index is 0.0549. The molecule has 0 saturated carbocycles. The predicted octanol–water partition coefficient (Wildman–Crippen LogP) is 16.5. The molecule has 0 amide bonds. The van der Waals surface area contributed by atoms with E-state index in [2.05, 4.69) is 13.8 Å². The summed E-state index contributed by atoms with van der Waals surface area (Å²) in [6.45, 7) is 4.99. The number of quaternary nitrogens is 1. The minimum Gasteiger partial charge on any atom is -0.498 e. The van der Waals surface area contributed by atoms with Crippen molar-refractivity contribution in [1.82, 2.24) is 0 Å². The van der Waals surface area contributed by atoms with Crippen molar-refractivity contribution >= 4 is 13.8 Å². The van der Waals surface area contributed by atoms with E-state index in [1.54, 1.807) is 6.26 Å². The third kappa shape index (κ3) is 49.9. The van der Waals surface area contributed by atoms with Crippen LogP contribution in [0.4, 0.5) is 0 Å². The smallest absolute Gasteiger partial charge is 0.472 e. The number of carbonyl (C=O) groups excluding carboxylic acids is 1. The molecule has 9 heteroatoms. The number of nitrogens with zero attached hydrogens (tertiary/aromatic N) is 1. The number of carbonyl (C=O) groups is 1. The average Bonchev–Trinajstić information content (AvgIpc) is 3.22. The first-order valence-electron chi connectivity index (χ1n) is 26.5. The molecule has 0 radical (unpaired) electrons. The number of ether oxygens (including phenoxy) is 2. The maximum absolute atomic E-state index is 12.8. The summed E-state index contributed by atoms with van der Waals surface area (Å²) in [6.07, 6.45) is 53.6. The Balaban J connectivity index is 4.12. The molecule has 0 aromatic carbocycles. The number of hydrogen-bond donors (Lipinski definition) is 1. The molecule has 0 rings (SSSR count). The molecule has 0 aliphatic rings. The van der Waals surface area contributed by atoms with Gasteiger partial charge in [0.05, 0.1) is 34.0 Å². The lowest BCUT2D eigenvalue weighted by Gasteiger charge is -2.24. The predicted molar refractivity (Wildman–Crippen MR) is 261 cm³/mol. The summed E-state index contributed by atoms with van der Waals surface area (Å²) >= 11 is 0. The number of unbranched alkanes of at least 4 members (excludes halogenated alkanes) is 36. The fourth-order valence-electron chi connectivity index (χ4n) is 7.82. The van der Waals surface area contributed by atoms with E-state index in [1.807, 2.05) is 27.2 Å². The van der Waals surface area contributed by atoms with Crippen molar-refractivity contribution in [3.63, 3.8) is 0 Å². The molecule has 364 valence electrons. The van der Waals surface area contributed by atoms with Crippen LogP contribution in [0, 0.1) is 0 Å². The van der Waals surface area contributed by atoms with Crippen LogP contribution >= 0.6 is 7.82 Å². The zero-order chi connectivity index (χ0) is 44.8. The summed E-state index contributed by atoms with van der Waals surface area (Å²) in [5, 5.41) is 0. The Labute approximate surface area is 380 Å². The van der Waals surface area contributed by atoms with Gasteiger partial charge in [0.1, 0.15) is 19.8 Å². The highest BCUT2D eigenvalue weighted by molar-refractivity contribution is 7.47. The van der Waals surface area contributed by atoms with E-state index in [0.29, 0.717) is 17.4 Å². The van der Waals surface area contributed by atoms with E-state index in [9.17, 15) is 14.3 Å². The Hall–Kier alpha value is -0.920. The molecule has 0 aromatic heterocycles. The van der Waals surface area contributed by atoms with E-state index in [-0.39, 0.29) is 25.8 Å². The minimum atomic E-state index is -4.29. The van der Waals surface area contributed by atoms with Crippen LogP contribution in [0.3, 0.4) is 0 Å². The third-order valence-corrected chi connectivity index (χ3v) is 12.9. The molecule has 1 N–H and O–H groups in total. The number of phosphoric acid groups is 1. The first-order valence-corrected chi connectivity index (χ1v) is 28.0. The van der Waals surface area contributed by atoms with Crippen LogP contribution in [0.2, 0.25) is 0 Å². The molecule has 0 aliphatic carbocycles. The number of esters is 1. The van der Waals surface area contributed by atoms with Gasteiger partial charge in [-0.2, -0.15) is 0 Å². The molecule has 0 heterocycles. The molecule has 8 nitrogen and oxygen atoms in total. The van der Waals surface area contributed by atoms with Crippen LogP contribution in [-0.2, 0) is 27.9 Å². The lowest BCUT2D eigenvalue weighted by molar-refractivity contribution is -0.870. The highest BCUT2D eigenvalue weighted by atomic mass is 31.2. The highest BCUT2D eigenvalue weighted by Gasteiger charge is 2.26. The number of allylic oxidation sites excluding steroid dienone is 1. The van der Waals surface area contributed by atoms with Crippen LogP contribution in [-0.4, -0.2) is 69.0 Å². The van der Waals surface area contributed by atoms with E-state index < -0.39 is 13.9 Å². The molecule has 2 atom stereocenters. The number of likely N-dealkylation sites (N-methyl/N-ethyl adjacent to an activating group) is 1. The first kappa shape index (κ1) is 60.1. The Kier molecular flexibility index (Phi) is 45.0. The summed E-state index contributed by atoms with van der Waals surface area (Å²) in [4.78, 5) is 23.0. The fraction of sp³-hybridized carbons (Fsp3) is 0.942. The van der Waals surface area contributed by atoms with Crippen molar-refractivity contribution in [3.8, 4) is 0 Å². The van der Waals surface area contributed by atoms with Crippen molar-refractivity contribution in [2.45, 2.75) is 270 Å². The highest BCUT2D eigenvalue weighted by Crippen LogP contribution is 2.43. The second-order valence-electron chi connectivity index (χ2n) is 19.3. The summed E-state index contributed by atoms with van der Waals surface area (Å²) in [6, 6.07) is 0. The molecule has 0 saturated heterocycles. The summed E-state index contributed by atoms with van der Waals surface area (Å²) < 4.78 is 34.9. The second-order valence-corrected chi connectivity index (χ2v) is 20.8. The summed E-state index contributed by atoms with van der Waals surface area (Å²) in [5.41, 5.74) is 0. The van der Waals surface area contributed by atoms with Crippen molar-refractivity contribution in [3.05, 3.63) is 12.3 Å². The van der Waals surface area contributed by atoms with Crippen LogP contribution < -0.4 is 0 Å². The van der Waals surface area contributed by atoms with Crippen LogP contribution in [0.1, 0.15) is 264 Å². The molecular weight excluding hydrogens is 782 g/mol. The Morgan fingerprint density at radius 2 is 0.852 bits per heavy atom. The molecule has 0 aliphatic heterocycles. The number of rotatable bonds is 50. The number of hydrogen-bond acceptors (Lipinski definition) is 6. The Morgan fingerprint density at radius 1 is 0.508 bits per heavy atom. The fourth-order valence-corrected chi connectivity index (χ4v) is 8.56. The van der Waals surface area contributed by atoms with Gasteiger partial charge in [-0.25, -0.2) is 4.57 Å². The zero-order valence-corrected chi connectivity index (χ0v) is 42.3. The van der Waals surface area contributed by atoms with E-state index in [4.69, 9.17) is 18.5 Å². The Morgan fingerprint density at radius 3 is 1.21 bits per heavy atom. The molecular formula is C52H105NO7P+. The largest absolute Gasteiger partial charge is 0.498 e. The molecule has 61 heavy (non-hydrogen) atoms. The average molecular weight is 887 g/mol. The molecule has 0 spiro atoms. The van der Waals surface area contributed by atoms with Gasteiger partial charge in [-0.05, 0) is 25.3 Å². The van der Waals surface area contributed by atoms with E-state index in [1.165, 1.54) is 212 Å². The van der Waals surface area contributed by atoms with Crippen molar-refractivity contribution < 1.29 is 37.3 Å². The van der Waals surface area contributed by atoms with E-state index in [0.717, 1.165) is 32.1 Å². The van der Waals surface area contributed by atoms with Gasteiger partial charge in [0.2, 0.25) is 0 Å². The van der Waals surface area contributed by atoms with Crippen molar-refractivity contribution in [1.29, 1.82) is 0 Å². The third-order valence-electron chi connectivity index (χ3n) is 11.9. The maximum Gasteiger partial charge on any atom is 0.472 e. The quantitative estimate of drug-likeness (QED) is 0.0214. The first-order chi connectivity index (χ1) is 29.6. The summed E-state index contributed by atoms with van der Waals surface area (Å²) in [7, 11) is 1.65. The molecule has 1 unspecified atom stereocenters. The Bertz CT molecular complexity index is 987. The SMILES string of the molecule is CCCCCCCCCCCCCCCCCC/C=C/OC[C@H](COP(=O)(O)OCC[N+](C)(C)C)OC(=O)CCCCCCCCCCCCCCCCCCCCCCC. The van der Waals surface area contributed by atoms with Gasteiger partial charge < -0.3 is 18.9 Å². The van der Waals surface area contributed by atoms with Gasteiger partial charge in [0.15, 0.2) is 6.10 Å². The van der Waals surface area contributed by atoms with Gasteiger partial charge in [-0.1, -0.05) is 239 Å².